The number of hydrazone groups is 1. The van der Waals surface area contributed by atoms with Crippen LogP contribution >= 0.6 is 11.6 Å². The lowest BCUT2D eigenvalue weighted by atomic mass is 10.3. The number of rotatable bonds is 5. The molecule has 1 heterocycles. The average molecular weight is 304 g/mol. The number of nitrogens with zero attached hydrogens (tertiary/aromatic N) is 4. The molecule has 6 nitrogen and oxygen atoms in total. The van der Waals surface area contributed by atoms with Gasteiger partial charge in [-0.1, -0.05) is 11.6 Å². The summed E-state index contributed by atoms with van der Waals surface area (Å²) >= 11 is 5.80. The molecule has 0 fully saturated rings. The van der Waals surface area contributed by atoms with Crippen LogP contribution in [-0.2, 0) is 0 Å². The first-order valence-electron chi connectivity index (χ1n) is 6.15. The van der Waals surface area contributed by atoms with Crippen molar-refractivity contribution in [3.05, 3.63) is 47.2 Å². The topological polar surface area (TPSA) is 85.8 Å². The van der Waals surface area contributed by atoms with E-state index >= 15 is 0 Å². The molecular formula is C14H14ClN5O. The van der Waals surface area contributed by atoms with Gasteiger partial charge < -0.3 is 10.6 Å². The van der Waals surface area contributed by atoms with Gasteiger partial charge in [0, 0.05) is 17.4 Å². The van der Waals surface area contributed by atoms with E-state index in [9.17, 15) is 0 Å². The summed E-state index contributed by atoms with van der Waals surface area (Å²) in [6.45, 7) is 2.03. The second kappa shape index (κ2) is 7.35. The molecule has 1 aromatic carbocycles. The number of benzene rings is 1. The number of aryl methyl sites for hydroxylation is 1. The molecule has 0 saturated heterocycles. The molecule has 108 valence electrons. The van der Waals surface area contributed by atoms with E-state index in [-0.39, 0.29) is 12.6 Å². The van der Waals surface area contributed by atoms with Crippen molar-refractivity contribution in [1.29, 1.82) is 0 Å². The Morgan fingerprint density at radius 1 is 1.29 bits per heavy atom. The van der Waals surface area contributed by atoms with Crippen molar-refractivity contribution in [2.24, 2.45) is 15.9 Å². The van der Waals surface area contributed by atoms with Crippen molar-refractivity contribution < 1.29 is 4.74 Å². The van der Waals surface area contributed by atoms with Gasteiger partial charge in [0.15, 0.2) is 0 Å². The molecular weight excluding hydrogens is 290 g/mol. The molecule has 1 aromatic heterocycles. The quantitative estimate of drug-likeness (QED) is 0.522. The number of hydrogen-bond acceptors (Lipinski definition) is 6. The lowest BCUT2D eigenvalue weighted by Crippen LogP contribution is -2.16. The first kappa shape index (κ1) is 14.9. The summed E-state index contributed by atoms with van der Waals surface area (Å²) in [4.78, 5) is 12.3. The minimum atomic E-state index is 0.136. The zero-order chi connectivity index (χ0) is 15.1. The standard InChI is InChI=1S/C14H14ClN5O/c1-10-6-18-14(19-7-10)21-9-13(20-16)8-17-12-4-2-11(15)3-5-12/h2-8H,9,16H2,1H3. The molecule has 0 unspecified atom stereocenters. The molecule has 0 radical (unpaired) electrons. The van der Waals surface area contributed by atoms with Gasteiger partial charge in [0.1, 0.15) is 12.3 Å². The van der Waals surface area contributed by atoms with Gasteiger partial charge in [-0.25, -0.2) is 9.97 Å². The molecule has 0 amide bonds. The minimum absolute atomic E-state index is 0.136. The predicted molar refractivity (Wildman–Crippen MR) is 83.5 cm³/mol. The molecule has 0 aliphatic carbocycles. The normalized spacial score (nSPS) is 11.8. The van der Waals surface area contributed by atoms with Crippen LogP contribution in [0.5, 0.6) is 6.01 Å². The number of halogens is 1. The van der Waals surface area contributed by atoms with Gasteiger partial charge in [0.2, 0.25) is 0 Å². The average Bonchev–Trinajstić information content (AvgIpc) is 2.51. The van der Waals surface area contributed by atoms with Gasteiger partial charge in [-0.3, -0.25) is 4.99 Å². The Bertz CT molecular complexity index is 637. The molecule has 0 atom stereocenters. The van der Waals surface area contributed by atoms with E-state index in [1.54, 1.807) is 36.7 Å². The molecule has 0 saturated carbocycles. The van der Waals surface area contributed by atoms with Gasteiger partial charge in [-0.05, 0) is 36.8 Å². The number of ether oxygens (including phenoxy) is 1. The van der Waals surface area contributed by atoms with Crippen molar-refractivity contribution in [2.75, 3.05) is 6.61 Å². The molecule has 0 bridgehead atoms. The molecule has 21 heavy (non-hydrogen) atoms. The zero-order valence-electron chi connectivity index (χ0n) is 11.4. The number of aliphatic imine (C=N–C) groups is 1. The Kier molecular flexibility index (Phi) is 5.22. The van der Waals surface area contributed by atoms with E-state index in [4.69, 9.17) is 22.2 Å². The highest BCUT2D eigenvalue weighted by Gasteiger charge is 2.01. The van der Waals surface area contributed by atoms with Crippen LogP contribution < -0.4 is 10.6 Å². The molecule has 2 aromatic rings. The Hall–Kier alpha value is -2.47. The summed E-state index contributed by atoms with van der Waals surface area (Å²) in [6, 6.07) is 7.35. The van der Waals surface area contributed by atoms with Crippen LogP contribution in [0.15, 0.2) is 46.8 Å². The Morgan fingerprint density at radius 2 is 1.95 bits per heavy atom. The highest BCUT2D eigenvalue weighted by atomic mass is 35.5. The summed E-state index contributed by atoms with van der Waals surface area (Å²) in [6.07, 6.45) is 4.87. The third-order valence-corrected chi connectivity index (χ3v) is 2.71. The monoisotopic (exact) mass is 303 g/mol. The van der Waals surface area contributed by atoms with E-state index in [0.29, 0.717) is 10.7 Å². The van der Waals surface area contributed by atoms with Gasteiger partial charge in [-0.2, -0.15) is 5.10 Å². The fourth-order valence-corrected chi connectivity index (χ4v) is 1.50. The Balaban J connectivity index is 1.94. The number of hydrogen-bond donors (Lipinski definition) is 1. The summed E-state index contributed by atoms with van der Waals surface area (Å²) in [5.41, 5.74) is 2.17. The van der Waals surface area contributed by atoms with Crippen molar-refractivity contribution in [3.8, 4) is 6.01 Å². The molecule has 2 rings (SSSR count). The molecule has 0 aliphatic heterocycles. The predicted octanol–water partition coefficient (Wildman–Crippen LogP) is 2.53. The molecule has 0 spiro atoms. The summed E-state index contributed by atoms with van der Waals surface area (Å²) in [7, 11) is 0. The first-order chi connectivity index (χ1) is 10.2. The van der Waals surface area contributed by atoms with Crippen LogP contribution in [0.25, 0.3) is 0 Å². The first-order valence-corrected chi connectivity index (χ1v) is 6.53. The van der Waals surface area contributed by atoms with Crippen LogP contribution in [0, 0.1) is 6.92 Å². The highest BCUT2D eigenvalue weighted by molar-refractivity contribution is 6.32. The van der Waals surface area contributed by atoms with Gasteiger partial charge in [0.25, 0.3) is 0 Å². The Morgan fingerprint density at radius 3 is 2.57 bits per heavy atom. The van der Waals surface area contributed by atoms with E-state index in [0.717, 1.165) is 11.3 Å². The summed E-state index contributed by atoms with van der Waals surface area (Å²) in [5.74, 6) is 5.30. The van der Waals surface area contributed by atoms with E-state index in [1.165, 1.54) is 6.21 Å². The van der Waals surface area contributed by atoms with Crippen LogP contribution in [0.3, 0.4) is 0 Å². The van der Waals surface area contributed by atoms with Gasteiger partial charge >= 0.3 is 6.01 Å². The van der Waals surface area contributed by atoms with Crippen molar-refractivity contribution in [3.63, 3.8) is 0 Å². The minimum Gasteiger partial charge on any atom is -0.457 e. The van der Waals surface area contributed by atoms with Crippen molar-refractivity contribution in [1.82, 2.24) is 9.97 Å². The maximum absolute atomic E-state index is 5.80. The lowest BCUT2D eigenvalue weighted by molar-refractivity contribution is 0.346. The van der Waals surface area contributed by atoms with Crippen LogP contribution in [0.1, 0.15) is 5.56 Å². The smallest absolute Gasteiger partial charge is 0.316 e. The van der Waals surface area contributed by atoms with Crippen molar-refractivity contribution >= 4 is 29.2 Å². The largest absolute Gasteiger partial charge is 0.457 e. The van der Waals surface area contributed by atoms with E-state index in [2.05, 4.69) is 20.1 Å². The second-order valence-electron chi connectivity index (χ2n) is 4.19. The fraction of sp³-hybridized carbons (Fsp3) is 0.143. The summed E-state index contributed by atoms with van der Waals surface area (Å²) < 4.78 is 5.38. The molecule has 2 N–H and O–H groups in total. The summed E-state index contributed by atoms with van der Waals surface area (Å²) in [5, 5.41) is 4.27. The van der Waals surface area contributed by atoms with E-state index in [1.807, 2.05) is 6.92 Å². The Labute approximate surface area is 127 Å². The highest BCUT2D eigenvalue weighted by Crippen LogP contribution is 2.15. The number of nitrogens with two attached hydrogens (primary N) is 1. The van der Waals surface area contributed by atoms with E-state index < -0.39 is 0 Å². The van der Waals surface area contributed by atoms with Gasteiger partial charge in [0.05, 0.1) is 11.9 Å². The SMILES string of the molecule is Cc1cnc(OCC(C=Nc2ccc(Cl)cc2)=NN)nc1. The lowest BCUT2D eigenvalue weighted by Gasteiger charge is -2.03. The maximum atomic E-state index is 5.80. The van der Waals surface area contributed by atoms with Crippen LogP contribution in [0.4, 0.5) is 5.69 Å². The second-order valence-corrected chi connectivity index (χ2v) is 4.62. The van der Waals surface area contributed by atoms with Gasteiger partial charge in [-0.15, -0.1) is 0 Å². The van der Waals surface area contributed by atoms with Crippen LogP contribution in [0.2, 0.25) is 5.02 Å². The third-order valence-electron chi connectivity index (χ3n) is 2.46. The third kappa shape index (κ3) is 4.85. The zero-order valence-corrected chi connectivity index (χ0v) is 12.2. The van der Waals surface area contributed by atoms with Crippen molar-refractivity contribution in [2.45, 2.75) is 6.92 Å². The number of aromatic nitrogens is 2. The fourth-order valence-electron chi connectivity index (χ4n) is 1.38. The molecule has 7 heteroatoms. The van der Waals surface area contributed by atoms with Crippen LogP contribution in [-0.4, -0.2) is 28.5 Å². The molecule has 0 aliphatic rings. The maximum Gasteiger partial charge on any atom is 0.316 e.